The Labute approximate surface area is 103 Å². The van der Waals surface area contributed by atoms with Crippen LogP contribution in [-0.4, -0.2) is 18.6 Å². The molecule has 1 aromatic carbocycles. The number of rotatable bonds is 5. The highest BCUT2D eigenvalue weighted by atomic mass is 16.5. The Hall–Kier alpha value is -1.35. The lowest BCUT2D eigenvalue weighted by Crippen LogP contribution is -2.27. The Kier molecular flexibility index (Phi) is 5.16. The summed E-state index contributed by atoms with van der Waals surface area (Å²) in [5, 5.41) is 0. The predicted octanol–water partition coefficient (Wildman–Crippen LogP) is 2.13. The summed E-state index contributed by atoms with van der Waals surface area (Å²) in [6.07, 6.45) is 0.994. The Morgan fingerprint density at radius 1 is 1.41 bits per heavy atom. The van der Waals surface area contributed by atoms with Crippen LogP contribution in [-0.2, 0) is 16.0 Å². The van der Waals surface area contributed by atoms with Crippen LogP contribution >= 0.6 is 0 Å². The fourth-order valence-electron chi connectivity index (χ4n) is 1.81. The molecule has 3 heteroatoms. The van der Waals surface area contributed by atoms with Gasteiger partial charge in [0.15, 0.2) is 0 Å². The van der Waals surface area contributed by atoms with Crippen LogP contribution in [0, 0.1) is 13.8 Å². The Bertz CT molecular complexity index is 388. The van der Waals surface area contributed by atoms with E-state index in [1.54, 1.807) is 6.92 Å². The maximum Gasteiger partial charge on any atom is 0.307 e. The Morgan fingerprint density at radius 3 is 2.76 bits per heavy atom. The molecule has 1 rings (SSSR count). The van der Waals surface area contributed by atoms with E-state index in [2.05, 4.69) is 32.0 Å². The monoisotopic (exact) mass is 235 g/mol. The SMILES string of the molecule is CCOC(=O)CC(N)Cc1cc(C)ccc1C. The van der Waals surface area contributed by atoms with Crippen molar-refractivity contribution in [2.45, 2.75) is 39.7 Å². The summed E-state index contributed by atoms with van der Waals surface area (Å²) in [6, 6.07) is 6.12. The van der Waals surface area contributed by atoms with E-state index < -0.39 is 0 Å². The average Bonchev–Trinajstić information content (AvgIpc) is 2.23. The third kappa shape index (κ3) is 4.57. The van der Waals surface area contributed by atoms with E-state index in [9.17, 15) is 4.79 Å². The molecule has 2 N–H and O–H groups in total. The van der Waals surface area contributed by atoms with Gasteiger partial charge in [0.05, 0.1) is 13.0 Å². The van der Waals surface area contributed by atoms with Crippen molar-refractivity contribution in [1.82, 2.24) is 0 Å². The Morgan fingerprint density at radius 2 is 2.12 bits per heavy atom. The molecular formula is C14H21NO2. The van der Waals surface area contributed by atoms with Gasteiger partial charge in [-0.25, -0.2) is 0 Å². The van der Waals surface area contributed by atoms with Gasteiger partial charge in [0.1, 0.15) is 0 Å². The molecule has 1 aromatic rings. The summed E-state index contributed by atoms with van der Waals surface area (Å²) in [4.78, 5) is 11.3. The molecule has 0 amide bonds. The number of hydrogen-bond acceptors (Lipinski definition) is 3. The number of esters is 1. The van der Waals surface area contributed by atoms with E-state index >= 15 is 0 Å². The van der Waals surface area contributed by atoms with Gasteiger partial charge < -0.3 is 10.5 Å². The second-order valence-electron chi connectivity index (χ2n) is 4.40. The van der Waals surface area contributed by atoms with Crippen molar-refractivity contribution in [3.63, 3.8) is 0 Å². The van der Waals surface area contributed by atoms with E-state index in [1.165, 1.54) is 16.7 Å². The zero-order valence-electron chi connectivity index (χ0n) is 10.8. The molecule has 0 aliphatic heterocycles. The standard InChI is InChI=1S/C14H21NO2/c1-4-17-14(16)9-13(15)8-12-7-10(2)5-6-11(12)3/h5-7,13H,4,8-9,15H2,1-3H3. The smallest absolute Gasteiger partial charge is 0.307 e. The fraction of sp³-hybridized carbons (Fsp3) is 0.500. The lowest BCUT2D eigenvalue weighted by molar-refractivity contribution is -0.143. The summed E-state index contributed by atoms with van der Waals surface area (Å²) in [5.74, 6) is -0.217. The molecule has 0 aliphatic carbocycles. The summed E-state index contributed by atoms with van der Waals surface area (Å²) in [5.41, 5.74) is 9.60. The second-order valence-corrected chi connectivity index (χ2v) is 4.40. The normalized spacial score (nSPS) is 12.2. The van der Waals surface area contributed by atoms with Crippen molar-refractivity contribution in [2.24, 2.45) is 5.73 Å². The van der Waals surface area contributed by atoms with E-state index in [1.807, 2.05) is 0 Å². The third-order valence-electron chi connectivity index (χ3n) is 2.72. The van der Waals surface area contributed by atoms with Gasteiger partial charge >= 0.3 is 5.97 Å². The molecule has 0 spiro atoms. The largest absolute Gasteiger partial charge is 0.466 e. The zero-order valence-corrected chi connectivity index (χ0v) is 10.8. The second kappa shape index (κ2) is 6.40. The highest BCUT2D eigenvalue weighted by Crippen LogP contribution is 2.13. The average molecular weight is 235 g/mol. The molecule has 0 aliphatic rings. The van der Waals surface area contributed by atoms with Crippen LogP contribution in [0.15, 0.2) is 18.2 Å². The molecule has 0 saturated heterocycles. The first-order valence-corrected chi connectivity index (χ1v) is 6.00. The lowest BCUT2D eigenvalue weighted by atomic mass is 9.98. The number of carbonyl (C=O) groups is 1. The molecule has 1 unspecified atom stereocenters. The van der Waals surface area contributed by atoms with Crippen LogP contribution in [0.5, 0.6) is 0 Å². The maximum absolute atomic E-state index is 11.3. The summed E-state index contributed by atoms with van der Waals surface area (Å²) in [6.45, 7) is 6.33. The van der Waals surface area contributed by atoms with Gasteiger partial charge in [-0.3, -0.25) is 4.79 Å². The quantitative estimate of drug-likeness (QED) is 0.795. The molecule has 94 valence electrons. The van der Waals surface area contributed by atoms with Crippen LogP contribution in [0.25, 0.3) is 0 Å². The van der Waals surface area contributed by atoms with Crippen molar-refractivity contribution in [3.05, 3.63) is 34.9 Å². The minimum atomic E-state index is -0.217. The van der Waals surface area contributed by atoms with Crippen molar-refractivity contribution < 1.29 is 9.53 Å². The van der Waals surface area contributed by atoms with Gasteiger partial charge in [0, 0.05) is 6.04 Å². The van der Waals surface area contributed by atoms with Crippen molar-refractivity contribution >= 4 is 5.97 Å². The molecule has 3 nitrogen and oxygen atoms in total. The van der Waals surface area contributed by atoms with E-state index in [0.717, 1.165) is 0 Å². The lowest BCUT2D eigenvalue weighted by Gasteiger charge is -2.13. The number of benzene rings is 1. The molecule has 0 saturated carbocycles. The van der Waals surface area contributed by atoms with E-state index in [0.29, 0.717) is 13.0 Å². The molecule has 1 atom stereocenters. The molecule has 0 bridgehead atoms. The zero-order chi connectivity index (χ0) is 12.8. The van der Waals surface area contributed by atoms with Gasteiger partial charge in [-0.1, -0.05) is 23.8 Å². The molecule has 0 radical (unpaired) electrons. The number of hydrogen-bond donors (Lipinski definition) is 1. The first-order chi connectivity index (χ1) is 8.02. The highest BCUT2D eigenvalue weighted by Gasteiger charge is 2.12. The Balaban J connectivity index is 2.58. The van der Waals surface area contributed by atoms with Crippen molar-refractivity contribution in [1.29, 1.82) is 0 Å². The molecule has 0 heterocycles. The van der Waals surface area contributed by atoms with Crippen molar-refractivity contribution in [2.75, 3.05) is 6.61 Å². The molecule has 17 heavy (non-hydrogen) atoms. The molecular weight excluding hydrogens is 214 g/mol. The van der Waals surface area contributed by atoms with Gasteiger partial charge in [-0.05, 0) is 38.3 Å². The van der Waals surface area contributed by atoms with Crippen LogP contribution < -0.4 is 5.73 Å². The maximum atomic E-state index is 11.3. The summed E-state index contributed by atoms with van der Waals surface area (Å²) in [7, 11) is 0. The van der Waals surface area contributed by atoms with Gasteiger partial charge in [0.25, 0.3) is 0 Å². The number of aryl methyl sites for hydroxylation is 2. The minimum absolute atomic E-state index is 0.172. The number of ether oxygens (including phenoxy) is 1. The fourth-order valence-corrected chi connectivity index (χ4v) is 1.81. The summed E-state index contributed by atoms with van der Waals surface area (Å²) >= 11 is 0. The van der Waals surface area contributed by atoms with Crippen LogP contribution in [0.1, 0.15) is 30.0 Å². The summed E-state index contributed by atoms with van der Waals surface area (Å²) < 4.78 is 4.89. The van der Waals surface area contributed by atoms with Crippen LogP contribution in [0.3, 0.4) is 0 Å². The van der Waals surface area contributed by atoms with Crippen LogP contribution in [0.4, 0.5) is 0 Å². The molecule has 0 aromatic heterocycles. The first kappa shape index (κ1) is 13.7. The van der Waals surface area contributed by atoms with Crippen molar-refractivity contribution in [3.8, 4) is 0 Å². The van der Waals surface area contributed by atoms with E-state index in [4.69, 9.17) is 10.5 Å². The van der Waals surface area contributed by atoms with E-state index in [-0.39, 0.29) is 18.4 Å². The third-order valence-corrected chi connectivity index (χ3v) is 2.72. The highest BCUT2D eigenvalue weighted by molar-refractivity contribution is 5.70. The van der Waals surface area contributed by atoms with Crippen LogP contribution in [0.2, 0.25) is 0 Å². The topological polar surface area (TPSA) is 52.3 Å². The number of carbonyl (C=O) groups excluding carboxylic acids is 1. The van der Waals surface area contributed by atoms with Gasteiger partial charge in [-0.15, -0.1) is 0 Å². The first-order valence-electron chi connectivity index (χ1n) is 6.00. The predicted molar refractivity (Wildman–Crippen MR) is 68.8 cm³/mol. The number of nitrogens with two attached hydrogens (primary N) is 1. The van der Waals surface area contributed by atoms with Gasteiger partial charge in [0.2, 0.25) is 0 Å². The minimum Gasteiger partial charge on any atom is -0.466 e. The van der Waals surface area contributed by atoms with Gasteiger partial charge in [-0.2, -0.15) is 0 Å². The molecule has 0 fully saturated rings.